The molecule has 0 radical (unpaired) electrons. The highest BCUT2D eigenvalue weighted by Crippen LogP contribution is 2.36. The van der Waals surface area contributed by atoms with Gasteiger partial charge in [-0.3, -0.25) is 0 Å². The van der Waals surface area contributed by atoms with Gasteiger partial charge in [0.15, 0.2) is 0 Å². The van der Waals surface area contributed by atoms with Crippen LogP contribution in [-0.2, 0) is 6.54 Å². The average molecular weight is 382 g/mol. The molecule has 27 heavy (non-hydrogen) atoms. The predicted octanol–water partition coefficient (Wildman–Crippen LogP) is 2.63. The molecular weight excluding hydrogens is 364 g/mol. The number of fused-ring (bicyclic) bond motifs is 3. The number of anilines is 1. The second kappa shape index (κ2) is 7.37. The number of hydrogen-bond donors (Lipinski definition) is 2. The Kier molecular flexibility index (Phi) is 4.78. The number of aryl methyl sites for hydroxylation is 2. The summed E-state index contributed by atoms with van der Waals surface area (Å²) in [5.41, 5.74) is 3.89. The Hall–Kier alpha value is -2.91. The van der Waals surface area contributed by atoms with Crippen LogP contribution >= 0.6 is 11.3 Å². The molecule has 8 nitrogen and oxygen atoms in total. The molecule has 0 atom stereocenters. The molecule has 0 aliphatic heterocycles. The number of rotatable bonds is 6. The maximum Gasteiger partial charge on any atom is 0.213 e. The molecule has 2 N–H and O–H groups in total. The molecule has 0 saturated heterocycles. The Labute approximate surface area is 159 Å². The highest BCUT2D eigenvalue weighted by molar-refractivity contribution is 7.25. The summed E-state index contributed by atoms with van der Waals surface area (Å²) in [5, 5.41) is 21.7. The Bertz CT molecular complexity index is 1100. The average Bonchev–Trinajstić information content (AvgIpc) is 3.08. The van der Waals surface area contributed by atoms with Crippen LogP contribution in [0.15, 0.2) is 24.7 Å². The maximum absolute atomic E-state index is 8.78. The number of aromatic nitrogens is 5. The summed E-state index contributed by atoms with van der Waals surface area (Å²) in [6.45, 7) is 4.76. The van der Waals surface area contributed by atoms with Gasteiger partial charge in [-0.25, -0.2) is 15.0 Å². The van der Waals surface area contributed by atoms with Crippen molar-refractivity contribution in [1.82, 2.24) is 25.1 Å². The number of ether oxygens (including phenoxy) is 1. The molecule has 0 unspecified atom stereocenters. The van der Waals surface area contributed by atoms with Crippen molar-refractivity contribution in [1.29, 1.82) is 0 Å². The predicted molar refractivity (Wildman–Crippen MR) is 104 cm³/mol. The van der Waals surface area contributed by atoms with E-state index in [1.165, 1.54) is 11.3 Å². The molecule has 0 aliphatic carbocycles. The number of hydrogen-bond acceptors (Lipinski definition) is 9. The maximum atomic E-state index is 8.78. The van der Waals surface area contributed by atoms with E-state index in [1.807, 2.05) is 19.9 Å². The van der Waals surface area contributed by atoms with Crippen LogP contribution in [0.2, 0.25) is 0 Å². The van der Waals surface area contributed by atoms with Crippen LogP contribution in [0, 0.1) is 13.8 Å². The van der Waals surface area contributed by atoms with Gasteiger partial charge in [0, 0.05) is 24.2 Å². The van der Waals surface area contributed by atoms with Crippen molar-refractivity contribution in [2.24, 2.45) is 0 Å². The van der Waals surface area contributed by atoms with Gasteiger partial charge in [0.2, 0.25) is 5.88 Å². The third-order valence-electron chi connectivity index (χ3n) is 4.26. The van der Waals surface area contributed by atoms with Gasteiger partial charge in [0.05, 0.1) is 22.5 Å². The molecule has 0 bridgehead atoms. The number of aliphatic hydroxyl groups is 1. The number of aliphatic hydroxyl groups excluding tert-OH is 1. The molecule has 138 valence electrons. The van der Waals surface area contributed by atoms with Crippen LogP contribution in [0.25, 0.3) is 20.4 Å². The van der Waals surface area contributed by atoms with Gasteiger partial charge in [0.25, 0.3) is 0 Å². The number of nitrogens with one attached hydrogen (secondary N) is 1. The van der Waals surface area contributed by atoms with Gasteiger partial charge in [-0.15, -0.1) is 16.4 Å². The Morgan fingerprint density at radius 1 is 1.15 bits per heavy atom. The second-order valence-electron chi connectivity index (χ2n) is 6.02. The first-order valence-electron chi connectivity index (χ1n) is 8.47. The van der Waals surface area contributed by atoms with E-state index in [2.05, 4.69) is 30.5 Å². The summed E-state index contributed by atoms with van der Waals surface area (Å²) in [6.07, 6.45) is 3.30. The molecule has 4 rings (SSSR count). The zero-order chi connectivity index (χ0) is 18.8. The number of pyridine rings is 1. The molecule has 0 aromatic carbocycles. The van der Waals surface area contributed by atoms with Crippen LogP contribution in [0.4, 0.5) is 5.82 Å². The van der Waals surface area contributed by atoms with Crippen molar-refractivity contribution in [2.75, 3.05) is 18.5 Å². The Morgan fingerprint density at radius 2 is 2.04 bits per heavy atom. The van der Waals surface area contributed by atoms with Crippen LogP contribution in [0.1, 0.15) is 16.8 Å². The first kappa shape index (κ1) is 17.5. The van der Waals surface area contributed by atoms with E-state index < -0.39 is 0 Å². The quantitative estimate of drug-likeness (QED) is 0.524. The van der Waals surface area contributed by atoms with E-state index in [9.17, 15) is 0 Å². The summed E-state index contributed by atoms with van der Waals surface area (Å²) in [4.78, 5) is 14.0. The molecule has 4 aromatic rings. The van der Waals surface area contributed by atoms with E-state index in [0.29, 0.717) is 12.4 Å². The topological polar surface area (TPSA) is 106 Å². The molecule has 0 aliphatic rings. The molecule has 4 heterocycles. The third kappa shape index (κ3) is 3.38. The normalized spacial score (nSPS) is 11.2. The first-order chi connectivity index (χ1) is 13.2. The lowest BCUT2D eigenvalue weighted by Gasteiger charge is -2.07. The van der Waals surface area contributed by atoms with Crippen molar-refractivity contribution in [3.8, 4) is 5.88 Å². The molecule has 9 heteroatoms. The van der Waals surface area contributed by atoms with Gasteiger partial charge in [-0.2, -0.15) is 5.10 Å². The molecule has 0 spiro atoms. The van der Waals surface area contributed by atoms with Crippen molar-refractivity contribution < 1.29 is 9.84 Å². The lowest BCUT2D eigenvalue weighted by molar-refractivity contribution is 0.196. The van der Waals surface area contributed by atoms with Gasteiger partial charge < -0.3 is 15.2 Å². The van der Waals surface area contributed by atoms with E-state index in [1.54, 1.807) is 18.6 Å². The minimum Gasteiger partial charge on any atom is -0.475 e. The Morgan fingerprint density at radius 3 is 2.81 bits per heavy atom. The van der Waals surface area contributed by atoms with Crippen LogP contribution in [0.5, 0.6) is 5.88 Å². The fourth-order valence-electron chi connectivity index (χ4n) is 2.75. The molecule has 4 aromatic heterocycles. The van der Waals surface area contributed by atoms with Crippen LogP contribution in [0.3, 0.4) is 0 Å². The summed E-state index contributed by atoms with van der Waals surface area (Å²) < 4.78 is 6.24. The SMILES string of the molecule is Cc1nnc2sc3c(NCc4ccc(OCCO)nc4)ncnc3c2c1C. The zero-order valence-electron chi connectivity index (χ0n) is 14.9. The minimum absolute atomic E-state index is 0.0345. The van der Waals surface area contributed by atoms with Gasteiger partial charge in [-0.1, -0.05) is 6.07 Å². The van der Waals surface area contributed by atoms with Crippen molar-refractivity contribution in [3.63, 3.8) is 0 Å². The largest absolute Gasteiger partial charge is 0.475 e. The lowest BCUT2D eigenvalue weighted by Crippen LogP contribution is -2.05. The monoisotopic (exact) mass is 382 g/mol. The van der Waals surface area contributed by atoms with Crippen LogP contribution < -0.4 is 10.1 Å². The molecule has 0 saturated carbocycles. The van der Waals surface area contributed by atoms with E-state index in [0.717, 1.165) is 43.1 Å². The molecule has 0 fully saturated rings. The molecule has 0 amide bonds. The molecular formula is C18H18N6O2S. The fourth-order valence-corrected chi connectivity index (χ4v) is 3.84. The smallest absolute Gasteiger partial charge is 0.213 e. The van der Waals surface area contributed by atoms with Gasteiger partial charge in [-0.05, 0) is 25.0 Å². The second-order valence-corrected chi connectivity index (χ2v) is 7.02. The third-order valence-corrected chi connectivity index (χ3v) is 5.33. The Balaban J connectivity index is 1.60. The summed E-state index contributed by atoms with van der Waals surface area (Å²) >= 11 is 1.54. The van der Waals surface area contributed by atoms with E-state index in [-0.39, 0.29) is 13.2 Å². The van der Waals surface area contributed by atoms with Crippen molar-refractivity contribution in [3.05, 3.63) is 41.5 Å². The van der Waals surface area contributed by atoms with E-state index in [4.69, 9.17) is 9.84 Å². The van der Waals surface area contributed by atoms with Gasteiger partial charge in [0.1, 0.15) is 23.6 Å². The standard InChI is InChI=1S/C18H18N6O2S/c1-10-11(2)23-24-18-14(10)15-16(27-18)17(22-9-21-15)20-8-12-3-4-13(19-7-12)26-6-5-25/h3-4,7,9,25H,5-6,8H2,1-2H3,(H,20,21,22). The summed E-state index contributed by atoms with van der Waals surface area (Å²) in [6, 6.07) is 3.71. The van der Waals surface area contributed by atoms with Crippen molar-refractivity contribution in [2.45, 2.75) is 20.4 Å². The number of thiophene rings is 1. The first-order valence-corrected chi connectivity index (χ1v) is 9.28. The highest BCUT2D eigenvalue weighted by Gasteiger charge is 2.15. The van der Waals surface area contributed by atoms with Crippen molar-refractivity contribution >= 4 is 37.6 Å². The summed E-state index contributed by atoms with van der Waals surface area (Å²) in [7, 11) is 0. The zero-order valence-corrected chi connectivity index (χ0v) is 15.7. The fraction of sp³-hybridized carbons (Fsp3) is 0.278. The summed E-state index contributed by atoms with van der Waals surface area (Å²) in [5.74, 6) is 1.26. The van der Waals surface area contributed by atoms with Crippen LogP contribution in [-0.4, -0.2) is 43.5 Å². The van der Waals surface area contributed by atoms with E-state index >= 15 is 0 Å². The lowest BCUT2D eigenvalue weighted by atomic mass is 10.1. The van der Waals surface area contributed by atoms with Gasteiger partial charge >= 0.3 is 0 Å². The highest BCUT2D eigenvalue weighted by atomic mass is 32.1. The number of nitrogens with zero attached hydrogens (tertiary/aromatic N) is 5. The minimum atomic E-state index is -0.0345.